The van der Waals surface area contributed by atoms with Gasteiger partial charge in [-0.3, -0.25) is 0 Å². The van der Waals surface area contributed by atoms with Gasteiger partial charge < -0.3 is 19.0 Å². The fourth-order valence-electron chi connectivity index (χ4n) is 1.93. The molecule has 0 fully saturated rings. The van der Waals surface area contributed by atoms with Gasteiger partial charge in [-0.15, -0.1) is 0 Å². The first-order valence-electron chi connectivity index (χ1n) is 6.59. The van der Waals surface area contributed by atoms with Crippen molar-refractivity contribution in [2.24, 2.45) is 0 Å². The minimum absolute atomic E-state index is 0.165. The highest BCUT2D eigenvalue weighted by atomic mass is 16.7. The third kappa shape index (κ3) is 3.65. The number of hydrogen-bond donors (Lipinski definition) is 1. The lowest BCUT2D eigenvalue weighted by atomic mass is 10.4. The van der Waals surface area contributed by atoms with E-state index in [0.717, 1.165) is 24.6 Å². The normalized spacial score (nSPS) is 11.3. The standard InChI is InChI=1S/C13H20N4O2/c1-3-18-11(19-4-2)5-9-17-10-8-16-13(17)12-14-6-7-15-12/h6-8,10-11H,3-5,9H2,1-2H3,(H,14,15). The van der Waals surface area contributed by atoms with Gasteiger partial charge in [0.2, 0.25) is 0 Å². The van der Waals surface area contributed by atoms with Gasteiger partial charge in [-0.2, -0.15) is 0 Å². The first kappa shape index (κ1) is 13.8. The van der Waals surface area contributed by atoms with E-state index in [9.17, 15) is 0 Å². The Morgan fingerprint density at radius 3 is 2.63 bits per heavy atom. The van der Waals surface area contributed by atoms with E-state index >= 15 is 0 Å². The van der Waals surface area contributed by atoms with Crippen molar-refractivity contribution in [3.8, 4) is 11.6 Å². The lowest BCUT2D eigenvalue weighted by molar-refractivity contribution is -0.140. The lowest BCUT2D eigenvalue weighted by Gasteiger charge is -2.17. The molecule has 0 aromatic carbocycles. The van der Waals surface area contributed by atoms with Gasteiger partial charge in [0.1, 0.15) is 0 Å². The second-order valence-corrected chi connectivity index (χ2v) is 4.01. The van der Waals surface area contributed by atoms with Gasteiger partial charge in [0.25, 0.3) is 0 Å². The molecule has 0 saturated carbocycles. The summed E-state index contributed by atoms with van der Waals surface area (Å²) >= 11 is 0. The third-order valence-electron chi connectivity index (χ3n) is 2.74. The minimum Gasteiger partial charge on any atom is -0.353 e. The van der Waals surface area contributed by atoms with Crippen molar-refractivity contribution in [1.29, 1.82) is 0 Å². The number of hydrogen-bond acceptors (Lipinski definition) is 4. The first-order chi connectivity index (χ1) is 9.35. The summed E-state index contributed by atoms with van der Waals surface area (Å²) in [5, 5.41) is 0. The molecule has 2 rings (SSSR count). The Morgan fingerprint density at radius 2 is 2.00 bits per heavy atom. The van der Waals surface area contributed by atoms with Gasteiger partial charge in [0.15, 0.2) is 17.9 Å². The summed E-state index contributed by atoms with van der Waals surface area (Å²) < 4.78 is 13.1. The maximum absolute atomic E-state index is 5.53. The summed E-state index contributed by atoms with van der Waals surface area (Å²) in [5.41, 5.74) is 0. The number of aromatic nitrogens is 4. The zero-order chi connectivity index (χ0) is 13.5. The molecule has 0 atom stereocenters. The summed E-state index contributed by atoms with van der Waals surface area (Å²) in [4.78, 5) is 11.6. The topological polar surface area (TPSA) is 65.0 Å². The molecule has 0 saturated heterocycles. The monoisotopic (exact) mass is 264 g/mol. The molecule has 0 spiro atoms. The Bertz CT molecular complexity index is 461. The zero-order valence-electron chi connectivity index (χ0n) is 11.4. The summed E-state index contributed by atoms with van der Waals surface area (Å²) in [6.45, 7) is 6.02. The average Bonchev–Trinajstić information content (AvgIpc) is 3.07. The molecular weight excluding hydrogens is 244 g/mol. The number of aromatic amines is 1. The number of rotatable bonds is 8. The van der Waals surface area contributed by atoms with Crippen LogP contribution in [-0.2, 0) is 16.0 Å². The maximum Gasteiger partial charge on any atom is 0.176 e. The molecule has 0 bridgehead atoms. The number of H-pyrrole nitrogens is 1. The molecule has 19 heavy (non-hydrogen) atoms. The number of nitrogens with zero attached hydrogens (tertiary/aromatic N) is 3. The van der Waals surface area contributed by atoms with Crippen LogP contribution in [0.3, 0.4) is 0 Å². The average molecular weight is 264 g/mol. The van der Waals surface area contributed by atoms with Crippen molar-refractivity contribution >= 4 is 0 Å². The van der Waals surface area contributed by atoms with Crippen LogP contribution in [0.5, 0.6) is 0 Å². The van der Waals surface area contributed by atoms with Crippen molar-refractivity contribution in [2.45, 2.75) is 33.1 Å². The first-order valence-corrected chi connectivity index (χ1v) is 6.59. The molecule has 0 amide bonds. The largest absolute Gasteiger partial charge is 0.353 e. The fourth-order valence-corrected chi connectivity index (χ4v) is 1.93. The van der Waals surface area contributed by atoms with E-state index < -0.39 is 0 Å². The van der Waals surface area contributed by atoms with E-state index in [4.69, 9.17) is 9.47 Å². The molecule has 0 aliphatic heterocycles. The smallest absolute Gasteiger partial charge is 0.176 e. The predicted molar refractivity (Wildman–Crippen MR) is 71.5 cm³/mol. The number of ether oxygens (including phenoxy) is 2. The van der Waals surface area contributed by atoms with E-state index in [1.54, 1.807) is 18.6 Å². The molecule has 2 aromatic rings. The Balaban J connectivity index is 1.98. The molecule has 104 valence electrons. The van der Waals surface area contributed by atoms with Crippen LogP contribution in [0, 0.1) is 0 Å². The van der Waals surface area contributed by atoms with Crippen molar-refractivity contribution in [3.63, 3.8) is 0 Å². The molecule has 6 nitrogen and oxygen atoms in total. The van der Waals surface area contributed by atoms with Crippen LogP contribution in [0.1, 0.15) is 20.3 Å². The van der Waals surface area contributed by atoms with E-state index in [2.05, 4.69) is 15.0 Å². The molecule has 0 aliphatic rings. The summed E-state index contributed by atoms with van der Waals surface area (Å²) in [6.07, 6.45) is 7.84. The van der Waals surface area contributed by atoms with Crippen LogP contribution in [0.2, 0.25) is 0 Å². The van der Waals surface area contributed by atoms with E-state index in [1.165, 1.54) is 0 Å². The highest BCUT2D eigenvalue weighted by molar-refractivity contribution is 5.43. The molecule has 2 aromatic heterocycles. The molecular formula is C13H20N4O2. The maximum atomic E-state index is 5.53. The van der Waals surface area contributed by atoms with E-state index in [1.807, 2.05) is 24.6 Å². The van der Waals surface area contributed by atoms with E-state index in [-0.39, 0.29) is 6.29 Å². The SMILES string of the molecule is CCOC(CCn1ccnc1-c1ncc[nH]1)OCC. The molecule has 0 radical (unpaired) electrons. The molecule has 0 unspecified atom stereocenters. The van der Waals surface area contributed by atoms with Crippen molar-refractivity contribution in [3.05, 3.63) is 24.8 Å². The van der Waals surface area contributed by atoms with Crippen molar-refractivity contribution in [1.82, 2.24) is 19.5 Å². The van der Waals surface area contributed by atoms with Crippen LogP contribution in [0.15, 0.2) is 24.8 Å². The van der Waals surface area contributed by atoms with Gasteiger partial charge in [0, 0.05) is 51.0 Å². The Morgan fingerprint density at radius 1 is 1.21 bits per heavy atom. The van der Waals surface area contributed by atoms with Crippen molar-refractivity contribution in [2.75, 3.05) is 13.2 Å². The predicted octanol–water partition coefficient (Wildman–Crippen LogP) is 2.06. The molecule has 6 heteroatoms. The second kappa shape index (κ2) is 7.06. The summed E-state index contributed by atoms with van der Waals surface area (Å²) in [5.74, 6) is 1.60. The number of aryl methyl sites for hydroxylation is 1. The third-order valence-corrected chi connectivity index (χ3v) is 2.74. The van der Waals surface area contributed by atoms with Gasteiger partial charge >= 0.3 is 0 Å². The van der Waals surface area contributed by atoms with Gasteiger partial charge in [-0.1, -0.05) is 0 Å². The van der Waals surface area contributed by atoms with Crippen molar-refractivity contribution < 1.29 is 9.47 Å². The minimum atomic E-state index is -0.165. The van der Waals surface area contributed by atoms with Crippen LogP contribution >= 0.6 is 0 Å². The molecule has 1 N–H and O–H groups in total. The van der Waals surface area contributed by atoms with Crippen LogP contribution in [0.4, 0.5) is 0 Å². The summed E-state index contributed by atoms with van der Waals surface area (Å²) in [6, 6.07) is 0. The quantitative estimate of drug-likeness (QED) is 0.741. The molecule has 2 heterocycles. The Labute approximate surface area is 112 Å². The van der Waals surface area contributed by atoms with Crippen LogP contribution in [0.25, 0.3) is 11.6 Å². The molecule has 0 aliphatic carbocycles. The zero-order valence-corrected chi connectivity index (χ0v) is 11.4. The van der Waals surface area contributed by atoms with E-state index in [0.29, 0.717) is 13.2 Å². The second-order valence-electron chi connectivity index (χ2n) is 4.01. The summed E-state index contributed by atoms with van der Waals surface area (Å²) in [7, 11) is 0. The van der Waals surface area contributed by atoms with Gasteiger partial charge in [-0.05, 0) is 13.8 Å². The Hall–Kier alpha value is -1.66. The fraction of sp³-hybridized carbons (Fsp3) is 0.538. The van der Waals surface area contributed by atoms with Crippen LogP contribution < -0.4 is 0 Å². The highest BCUT2D eigenvalue weighted by Gasteiger charge is 2.12. The highest BCUT2D eigenvalue weighted by Crippen LogP contribution is 2.13. The lowest BCUT2D eigenvalue weighted by Crippen LogP contribution is -2.19. The number of imidazole rings is 2. The van der Waals surface area contributed by atoms with Gasteiger partial charge in [-0.25, -0.2) is 9.97 Å². The number of nitrogens with one attached hydrogen (secondary N) is 1. The van der Waals surface area contributed by atoms with Crippen LogP contribution in [-0.4, -0.2) is 39.0 Å². The van der Waals surface area contributed by atoms with Gasteiger partial charge in [0.05, 0.1) is 0 Å². The Kier molecular flexibility index (Phi) is 5.11.